The third-order valence-corrected chi connectivity index (χ3v) is 2.84. The monoisotopic (exact) mass is 245 g/mol. The van der Waals surface area contributed by atoms with E-state index in [0.717, 1.165) is 10.9 Å². The van der Waals surface area contributed by atoms with Gasteiger partial charge in [0.2, 0.25) is 5.82 Å². The molecular weight excluding hydrogens is 230 g/mol. The van der Waals surface area contributed by atoms with Gasteiger partial charge in [-0.3, -0.25) is 4.79 Å². The summed E-state index contributed by atoms with van der Waals surface area (Å²) in [5.41, 5.74) is 7.72. The van der Waals surface area contributed by atoms with Crippen molar-refractivity contribution in [2.24, 2.45) is 5.73 Å². The predicted molar refractivity (Wildman–Crippen MR) is 68.2 cm³/mol. The summed E-state index contributed by atoms with van der Waals surface area (Å²) in [6, 6.07) is 5.76. The van der Waals surface area contributed by atoms with E-state index in [2.05, 4.69) is 9.97 Å². The zero-order valence-electron chi connectivity index (χ0n) is 10.6. The number of carbonyl (C=O) groups is 1. The second-order valence-corrected chi connectivity index (χ2v) is 4.20. The molecule has 0 bridgehead atoms. The van der Waals surface area contributed by atoms with E-state index in [1.165, 1.54) is 0 Å². The van der Waals surface area contributed by atoms with Gasteiger partial charge in [-0.05, 0) is 26.0 Å². The van der Waals surface area contributed by atoms with E-state index in [9.17, 15) is 4.79 Å². The molecule has 18 heavy (non-hydrogen) atoms. The van der Waals surface area contributed by atoms with Gasteiger partial charge in [0.25, 0.3) is 5.91 Å². The van der Waals surface area contributed by atoms with Gasteiger partial charge in [0.1, 0.15) is 0 Å². The molecule has 0 aliphatic heterocycles. The molecule has 0 saturated heterocycles. The number of ether oxygens (including phenoxy) is 1. The molecule has 0 radical (unpaired) electrons. The molecule has 1 amide bonds. The fourth-order valence-electron chi connectivity index (χ4n) is 1.80. The van der Waals surface area contributed by atoms with Crippen LogP contribution in [-0.2, 0) is 4.74 Å². The molecule has 2 rings (SSSR count). The van der Waals surface area contributed by atoms with E-state index in [1.807, 2.05) is 32.0 Å². The molecule has 1 aromatic carbocycles. The first-order valence-corrected chi connectivity index (χ1v) is 5.64. The van der Waals surface area contributed by atoms with Crippen molar-refractivity contribution in [3.8, 4) is 0 Å². The average molecular weight is 245 g/mol. The maximum atomic E-state index is 11.2. The van der Waals surface area contributed by atoms with Crippen LogP contribution in [0, 0.1) is 6.92 Å². The molecule has 2 aromatic rings. The van der Waals surface area contributed by atoms with Crippen LogP contribution in [-0.4, -0.2) is 23.0 Å². The molecule has 0 aliphatic carbocycles. The van der Waals surface area contributed by atoms with Crippen molar-refractivity contribution in [2.75, 3.05) is 7.11 Å². The van der Waals surface area contributed by atoms with Crippen LogP contribution in [0.4, 0.5) is 0 Å². The summed E-state index contributed by atoms with van der Waals surface area (Å²) < 4.78 is 5.28. The number of nitrogens with zero attached hydrogens (tertiary/aromatic N) is 2. The standard InChI is InChI=1S/C13H15N3O2/c1-7-4-5-10-9(6-7)11(8(2)18-3)16-13(15-10)12(14)17/h4-6,8H,1-3H3,(H2,14,17). The van der Waals surface area contributed by atoms with Crippen molar-refractivity contribution in [1.29, 1.82) is 0 Å². The Balaban J connectivity index is 2.77. The number of hydrogen-bond donors (Lipinski definition) is 1. The van der Waals surface area contributed by atoms with E-state index in [-0.39, 0.29) is 11.9 Å². The number of rotatable bonds is 3. The van der Waals surface area contributed by atoms with Gasteiger partial charge >= 0.3 is 0 Å². The van der Waals surface area contributed by atoms with E-state index in [1.54, 1.807) is 7.11 Å². The first-order chi connectivity index (χ1) is 8.52. The van der Waals surface area contributed by atoms with Gasteiger partial charge in [-0.25, -0.2) is 9.97 Å². The highest BCUT2D eigenvalue weighted by molar-refractivity contribution is 5.92. The van der Waals surface area contributed by atoms with Gasteiger partial charge in [0.15, 0.2) is 0 Å². The van der Waals surface area contributed by atoms with Crippen LogP contribution in [0.5, 0.6) is 0 Å². The Morgan fingerprint density at radius 3 is 2.72 bits per heavy atom. The van der Waals surface area contributed by atoms with E-state index in [4.69, 9.17) is 10.5 Å². The molecule has 0 aliphatic rings. The van der Waals surface area contributed by atoms with Crippen LogP contribution in [0.1, 0.15) is 34.9 Å². The molecule has 0 saturated carbocycles. The Hall–Kier alpha value is -2.01. The van der Waals surface area contributed by atoms with Crippen molar-refractivity contribution in [2.45, 2.75) is 20.0 Å². The number of amides is 1. The molecule has 1 heterocycles. The number of aryl methyl sites for hydroxylation is 1. The Morgan fingerprint density at radius 2 is 2.11 bits per heavy atom. The molecule has 2 N–H and O–H groups in total. The van der Waals surface area contributed by atoms with E-state index in [0.29, 0.717) is 11.2 Å². The summed E-state index contributed by atoms with van der Waals surface area (Å²) in [6.45, 7) is 3.86. The van der Waals surface area contributed by atoms with Crippen molar-refractivity contribution in [3.63, 3.8) is 0 Å². The Kier molecular flexibility index (Phi) is 3.25. The number of benzene rings is 1. The molecule has 1 atom stereocenters. The lowest BCUT2D eigenvalue weighted by atomic mass is 10.1. The summed E-state index contributed by atoms with van der Waals surface area (Å²) in [5.74, 6) is -0.618. The van der Waals surface area contributed by atoms with Crippen LogP contribution < -0.4 is 5.73 Å². The quantitative estimate of drug-likeness (QED) is 0.893. The Bertz CT molecular complexity index is 610. The number of carbonyl (C=O) groups excluding carboxylic acids is 1. The van der Waals surface area contributed by atoms with E-state index >= 15 is 0 Å². The molecule has 0 spiro atoms. The second-order valence-electron chi connectivity index (χ2n) is 4.20. The van der Waals surface area contributed by atoms with Crippen molar-refractivity contribution in [1.82, 2.24) is 9.97 Å². The number of methoxy groups -OCH3 is 1. The van der Waals surface area contributed by atoms with Gasteiger partial charge in [0, 0.05) is 12.5 Å². The zero-order valence-corrected chi connectivity index (χ0v) is 10.6. The lowest BCUT2D eigenvalue weighted by molar-refractivity contribution is 0.0985. The summed E-state index contributed by atoms with van der Waals surface area (Å²) in [7, 11) is 1.60. The van der Waals surface area contributed by atoms with E-state index < -0.39 is 5.91 Å². The van der Waals surface area contributed by atoms with Gasteiger partial charge in [-0.15, -0.1) is 0 Å². The largest absolute Gasteiger partial charge is 0.375 e. The van der Waals surface area contributed by atoms with Crippen molar-refractivity contribution >= 4 is 16.8 Å². The topological polar surface area (TPSA) is 78.1 Å². The highest BCUT2D eigenvalue weighted by Gasteiger charge is 2.15. The number of aromatic nitrogens is 2. The normalized spacial score (nSPS) is 12.6. The molecule has 94 valence electrons. The molecular formula is C13H15N3O2. The van der Waals surface area contributed by atoms with Gasteiger partial charge in [-0.2, -0.15) is 0 Å². The minimum absolute atomic E-state index is 0.0188. The third-order valence-electron chi connectivity index (χ3n) is 2.84. The first-order valence-electron chi connectivity index (χ1n) is 5.64. The smallest absolute Gasteiger partial charge is 0.286 e. The van der Waals surface area contributed by atoms with Crippen LogP contribution in [0.3, 0.4) is 0 Å². The number of hydrogen-bond acceptors (Lipinski definition) is 4. The lowest BCUT2D eigenvalue weighted by Gasteiger charge is -2.13. The number of fused-ring (bicyclic) bond motifs is 1. The predicted octanol–water partition coefficient (Wildman–Crippen LogP) is 1.74. The Labute approximate surface area is 105 Å². The number of nitrogens with two attached hydrogens (primary N) is 1. The summed E-state index contributed by atoms with van der Waals surface area (Å²) in [5, 5.41) is 0.884. The minimum Gasteiger partial charge on any atom is -0.375 e. The molecule has 5 nitrogen and oxygen atoms in total. The Morgan fingerprint density at radius 1 is 1.39 bits per heavy atom. The summed E-state index contributed by atoms with van der Waals surface area (Å²) in [4.78, 5) is 19.6. The summed E-state index contributed by atoms with van der Waals surface area (Å²) >= 11 is 0. The average Bonchev–Trinajstić information content (AvgIpc) is 2.36. The van der Waals surface area contributed by atoms with Crippen LogP contribution in [0.25, 0.3) is 10.9 Å². The van der Waals surface area contributed by atoms with Crippen molar-refractivity contribution < 1.29 is 9.53 Å². The van der Waals surface area contributed by atoms with Gasteiger partial charge in [-0.1, -0.05) is 11.6 Å². The van der Waals surface area contributed by atoms with Crippen molar-refractivity contribution in [3.05, 3.63) is 35.3 Å². The fraction of sp³-hybridized carbons (Fsp3) is 0.308. The van der Waals surface area contributed by atoms with Crippen LogP contribution in [0.15, 0.2) is 18.2 Å². The molecule has 1 aromatic heterocycles. The lowest BCUT2D eigenvalue weighted by Crippen LogP contribution is -2.17. The second kappa shape index (κ2) is 4.70. The first kappa shape index (κ1) is 12.4. The molecule has 0 fully saturated rings. The maximum absolute atomic E-state index is 11.2. The maximum Gasteiger partial charge on any atom is 0.286 e. The van der Waals surface area contributed by atoms with Crippen LogP contribution in [0.2, 0.25) is 0 Å². The van der Waals surface area contributed by atoms with Crippen LogP contribution >= 0.6 is 0 Å². The zero-order chi connectivity index (χ0) is 13.3. The summed E-state index contributed by atoms with van der Waals surface area (Å²) in [6.07, 6.45) is -0.226. The highest BCUT2D eigenvalue weighted by atomic mass is 16.5. The highest BCUT2D eigenvalue weighted by Crippen LogP contribution is 2.24. The minimum atomic E-state index is -0.637. The van der Waals surface area contributed by atoms with Gasteiger partial charge in [0.05, 0.1) is 17.3 Å². The molecule has 5 heteroatoms. The SMILES string of the molecule is COC(C)c1nc(C(N)=O)nc2ccc(C)cc12. The van der Waals surface area contributed by atoms with Gasteiger partial charge < -0.3 is 10.5 Å². The fourth-order valence-corrected chi connectivity index (χ4v) is 1.80. The number of primary amides is 1. The third kappa shape index (κ3) is 2.17. The molecule has 1 unspecified atom stereocenters.